The fraction of sp³-hybridized carbons (Fsp3) is 0.440. The van der Waals surface area contributed by atoms with E-state index in [0.29, 0.717) is 18.7 Å². The van der Waals surface area contributed by atoms with Gasteiger partial charge < -0.3 is 10.2 Å². The third-order valence-corrected chi connectivity index (χ3v) is 6.75. The zero-order valence-electron chi connectivity index (χ0n) is 18.9. The fourth-order valence-corrected chi connectivity index (χ4v) is 4.42. The summed E-state index contributed by atoms with van der Waals surface area (Å²) in [4.78, 5) is 28.0. The van der Waals surface area contributed by atoms with Gasteiger partial charge in [0.1, 0.15) is 6.04 Å². The van der Waals surface area contributed by atoms with Gasteiger partial charge >= 0.3 is 0 Å². The number of carbonyl (C=O) groups is 2. The number of carbonyl (C=O) groups excluding carboxylic acids is 2. The van der Waals surface area contributed by atoms with Crippen LogP contribution in [0.4, 0.5) is 0 Å². The maximum absolute atomic E-state index is 13.3. The highest BCUT2D eigenvalue weighted by Gasteiger charge is 2.29. The number of halogens is 1. The molecule has 0 fully saturated rings. The zero-order valence-corrected chi connectivity index (χ0v) is 21.3. The van der Waals surface area contributed by atoms with Crippen molar-refractivity contribution >= 4 is 39.5 Å². The second kappa shape index (κ2) is 12.9. The van der Waals surface area contributed by atoms with E-state index in [0.717, 1.165) is 27.8 Å². The molecular weight excluding hydrogens is 472 g/mol. The minimum atomic E-state index is -0.477. The highest BCUT2D eigenvalue weighted by atomic mass is 79.9. The molecule has 0 radical (unpaired) electrons. The first kappa shape index (κ1) is 25.5. The Kier molecular flexibility index (Phi) is 10.6. The van der Waals surface area contributed by atoms with Crippen LogP contribution in [0, 0.1) is 6.92 Å². The molecule has 4 nitrogen and oxygen atoms in total. The summed E-state index contributed by atoms with van der Waals surface area (Å²) in [5, 5.41) is 3.06. The van der Waals surface area contributed by atoms with E-state index in [4.69, 9.17) is 0 Å². The minimum Gasteiger partial charge on any atom is -0.352 e. The van der Waals surface area contributed by atoms with Gasteiger partial charge in [0.2, 0.25) is 11.8 Å². The Labute approximate surface area is 199 Å². The highest BCUT2D eigenvalue weighted by molar-refractivity contribution is 9.10. The lowest BCUT2D eigenvalue weighted by molar-refractivity contribution is -0.139. The van der Waals surface area contributed by atoms with Gasteiger partial charge in [-0.25, -0.2) is 0 Å². The van der Waals surface area contributed by atoms with Crippen molar-refractivity contribution < 1.29 is 9.59 Å². The summed E-state index contributed by atoms with van der Waals surface area (Å²) in [5.74, 6) is 1.02. The molecule has 2 amide bonds. The molecule has 0 unspecified atom stereocenters. The van der Waals surface area contributed by atoms with Crippen LogP contribution in [0.1, 0.15) is 50.3 Å². The molecule has 0 bridgehead atoms. The quantitative estimate of drug-likeness (QED) is 0.426. The van der Waals surface area contributed by atoms with Crippen molar-refractivity contribution in [2.24, 2.45) is 0 Å². The first-order valence-corrected chi connectivity index (χ1v) is 12.8. The van der Waals surface area contributed by atoms with Crippen LogP contribution >= 0.6 is 27.7 Å². The smallest absolute Gasteiger partial charge is 0.243 e. The van der Waals surface area contributed by atoms with Crippen molar-refractivity contribution in [3.63, 3.8) is 0 Å². The number of hydrogen-bond acceptors (Lipinski definition) is 3. The first-order valence-electron chi connectivity index (χ1n) is 10.8. The molecule has 0 saturated heterocycles. The number of thioether (sulfide) groups is 1. The summed E-state index contributed by atoms with van der Waals surface area (Å²) in [6.45, 7) is 8.47. The van der Waals surface area contributed by atoms with Crippen LogP contribution < -0.4 is 5.32 Å². The SMILES string of the molecule is CC[C@H](C)NC(=O)[C@H](CC)N(Cc1cccc(C)c1)C(=O)CSCc1ccc(Br)cc1. The molecule has 2 atom stereocenters. The fourth-order valence-electron chi connectivity index (χ4n) is 3.29. The summed E-state index contributed by atoms with van der Waals surface area (Å²) < 4.78 is 1.04. The first-order chi connectivity index (χ1) is 14.8. The Hall–Kier alpha value is -1.79. The maximum atomic E-state index is 13.3. The van der Waals surface area contributed by atoms with Gasteiger partial charge in [0.25, 0.3) is 0 Å². The van der Waals surface area contributed by atoms with Crippen molar-refractivity contribution in [3.05, 3.63) is 69.7 Å². The van der Waals surface area contributed by atoms with Gasteiger partial charge in [0.05, 0.1) is 5.75 Å². The summed E-state index contributed by atoms with van der Waals surface area (Å²) >= 11 is 5.03. The van der Waals surface area contributed by atoms with E-state index >= 15 is 0 Å². The van der Waals surface area contributed by atoms with Gasteiger partial charge in [0.15, 0.2) is 0 Å². The normalized spacial score (nSPS) is 12.8. The summed E-state index contributed by atoms with van der Waals surface area (Å²) in [5.41, 5.74) is 3.36. The second-order valence-corrected chi connectivity index (χ2v) is 9.77. The van der Waals surface area contributed by atoms with Crippen LogP contribution in [0.15, 0.2) is 53.0 Å². The molecule has 2 rings (SSSR count). The molecule has 1 N–H and O–H groups in total. The Morgan fingerprint density at radius 2 is 1.77 bits per heavy atom. The van der Waals surface area contributed by atoms with E-state index in [1.807, 2.05) is 58.0 Å². The molecule has 2 aromatic rings. The summed E-state index contributed by atoms with van der Waals surface area (Å²) in [6.07, 6.45) is 1.44. The van der Waals surface area contributed by atoms with Crippen LogP contribution in [0.3, 0.4) is 0 Å². The minimum absolute atomic E-state index is 0.00484. The average Bonchev–Trinajstić information content (AvgIpc) is 2.74. The van der Waals surface area contributed by atoms with Gasteiger partial charge in [0, 0.05) is 22.8 Å². The molecule has 0 spiro atoms. The van der Waals surface area contributed by atoms with E-state index in [9.17, 15) is 9.59 Å². The van der Waals surface area contributed by atoms with Crippen LogP contribution in [0.25, 0.3) is 0 Å². The highest BCUT2D eigenvalue weighted by Crippen LogP contribution is 2.19. The Balaban J connectivity index is 2.13. The molecule has 0 heterocycles. The molecule has 0 aliphatic rings. The molecule has 6 heteroatoms. The van der Waals surface area contributed by atoms with E-state index in [2.05, 4.69) is 39.4 Å². The Morgan fingerprint density at radius 1 is 1.06 bits per heavy atom. The zero-order chi connectivity index (χ0) is 22.8. The van der Waals surface area contributed by atoms with Crippen molar-refractivity contribution in [1.29, 1.82) is 0 Å². The van der Waals surface area contributed by atoms with Gasteiger partial charge in [-0.2, -0.15) is 0 Å². The van der Waals surface area contributed by atoms with Gasteiger partial charge in [-0.1, -0.05) is 71.7 Å². The Bertz CT molecular complexity index is 857. The van der Waals surface area contributed by atoms with Gasteiger partial charge in [-0.15, -0.1) is 11.8 Å². The molecular formula is C25H33BrN2O2S. The third-order valence-electron chi connectivity index (χ3n) is 5.23. The number of amides is 2. The topological polar surface area (TPSA) is 49.4 Å². The number of nitrogens with one attached hydrogen (secondary N) is 1. The number of hydrogen-bond donors (Lipinski definition) is 1. The summed E-state index contributed by atoms with van der Waals surface area (Å²) in [7, 11) is 0. The molecule has 31 heavy (non-hydrogen) atoms. The van der Waals surface area contributed by atoms with Gasteiger partial charge in [-0.3, -0.25) is 9.59 Å². The molecule has 0 aliphatic heterocycles. The lowest BCUT2D eigenvalue weighted by Crippen LogP contribution is -2.51. The van der Waals surface area contributed by atoms with E-state index < -0.39 is 6.04 Å². The number of nitrogens with zero attached hydrogens (tertiary/aromatic N) is 1. The third kappa shape index (κ3) is 8.34. The van der Waals surface area contributed by atoms with Crippen LogP contribution in [0.5, 0.6) is 0 Å². The standard InChI is InChI=1S/C25H33BrN2O2S/c1-5-19(4)27-25(30)23(6-2)28(15-21-9-7-8-18(3)14-21)24(29)17-31-16-20-10-12-22(26)13-11-20/h7-14,19,23H,5-6,15-17H2,1-4H3,(H,27,30)/t19-,23-/m0/s1. The molecule has 0 aromatic heterocycles. The van der Waals surface area contributed by atoms with Crippen molar-refractivity contribution in [2.75, 3.05) is 5.75 Å². The lowest BCUT2D eigenvalue weighted by atomic mass is 10.1. The van der Waals surface area contributed by atoms with E-state index in [1.54, 1.807) is 16.7 Å². The van der Waals surface area contributed by atoms with Gasteiger partial charge in [-0.05, 0) is 49.9 Å². The predicted octanol–water partition coefficient (Wildman–Crippen LogP) is 5.71. The van der Waals surface area contributed by atoms with Crippen LogP contribution in [-0.2, 0) is 21.9 Å². The van der Waals surface area contributed by atoms with Crippen molar-refractivity contribution in [1.82, 2.24) is 10.2 Å². The van der Waals surface area contributed by atoms with E-state index in [1.165, 1.54) is 5.56 Å². The monoisotopic (exact) mass is 504 g/mol. The Morgan fingerprint density at radius 3 is 2.39 bits per heavy atom. The maximum Gasteiger partial charge on any atom is 0.243 e. The van der Waals surface area contributed by atoms with Crippen LogP contribution in [0.2, 0.25) is 0 Å². The van der Waals surface area contributed by atoms with Crippen molar-refractivity contribution in [3.8, 4) is 0 Å². The largest absolute Gasteiger partial charge is 0.352 e. The molecule has 2 aromatic carbocycles. The van der Waals surface area contributed by atoms with E-state index in [-0.39, 0.29) is 17.9 Å². The van der Waals surface area contributed by atoms with Crippen molar-refractivity contribution in [2.45, 2.75) is 64.9 Å². The van der Waals surface area contributed by atoms with Crippen LogP contribution in [-0.4, -0.2) is 34.6 Å². The number of rotatable bonds is 11. The number of aryl methyl sites for hydroxylation is 1. The predicted molar refractivity (Wildman–Crippen MR) is 134 cm³/mol. The second-order valence-electron chi connectivity index (χ2n) is 7.87. The molecule has 168 valence electrons. The average molecular weight is 506 g/mol. The molecule has 0 saturated carbocycles. The lowest BCUT2D eigenvalue weighted by Gasteiger charge is -2.31. The summed E-state index contributed by atoms with van der Waals surface area (Å²) in [6, 6.07) is 15.9. The number of benzene rings is 2. The molecule has 0 aliphatic carbocycles.